The molecule has 1 aliphatic rings. The fourth-order valence-electron chi connectivity index (χ4n) is 2.82. The lowest BCUT2D eigenvalue weighted by Crippen LogP contribution is -2.36. The predicted molar refractivity (Wildman–Crippen MR) is 84.3 cm³/mol. The summed E-state index contributed by atoms with van der Waals surface area (Å²) < 4.78 is 32.9. The van der Waals surface area contributed by atoms with Crippen LogP contribution in [0.4, 0.5) is 0 Å². The standard InChI is InChI=1S/C15H17N5O3S/c1-10-17-15(23-18-10)14-7-12(9-20(14)2)19-24(21,22)13-5-3-11(8-16)4-6-13/h3-6,12,14,19H,7,9H2,1-2H3/t12-,14-/m0/s1. The van der Waals surface area contributed by atoms with Crippen molar-refractivity contribution in [1.29, 1.82) is 5.26 Å². The molecule has 1 aromatic heterocycles. The highest BCUT2D eigenvalue weighted by molar-refractivity contribution is 7.89. The first-order valence-corrected chi connectivity index (χ1v) is 8.90. The Morgan fingerprint density at radius 1 is 1.38 bits per heavy atom. The van der Waals surface area contributed by atoms with Gasteiger partial charge in [-0.05, 0) is 44.7 Å². The smallest absolute Gasteiger partial charge is 0.244 e. The Morgan fingerprint density at radius 3 is 2.67 bits per heavy atom. The van der Waals surface area contributed by atoms with Gasteiger partial charge in [0.1, 0.15) is 0 Å². The van der Waals surface area contributed by atoms with Crippen LogP contribution in [0, 0.1) is 18.3 Å². The fourth-order valence-corrected chi connectivity index (χ4v) is 4.06. The van der Waals surface area contributed by atoms with Crippen molar-refractivity contribution in [3.63, 3.8) is 0 Å². The van der Waals surface area contributed by atoms with Crippen LogP contribution in [-0.2, 0) is 10.0 Å². The summed E-state index contributed by atoms with van der Waals surface area (Å²) in [6.07, 6.45) is 0.549. The molecule has 0 radical (unpaired) electrons. The number of likely N-dealkylation sites (tertiary alicyclic amines) is 1. The van der Waals surface area contributed by atoms with E-state index in [4.69, 9.17) is 9.78 Å². The molecule has 0 aliphatic carbocycles. The van der Waals surface area contributed by atoms with Gasteiger partial charge in [0.25, 0.3) is 0 Å². The van der Waals surface area contributed by atoms with Gasteiger partial charge in [-0.2, -0.15) is 10.2 Å². The topological polar surface area (TPSA) is 112 Å². The summed E-state index contributed by atoms with van der Waals surface area (Å²) in [4.78, 5) is 6.35. The molecule has 8 nitrogen and oxygen atoms in total. The van der Waals surface area contributed by atoms with Crippen LogP contribution in [-0.4, -0.2) is 43.1 Å². The van der Waals surface area contributed by atoms with Gasteiger partial charge in [-0.25, -0.2) is 13.1 Å². The maximum Gasteiger partial charge on any atom is 0.244 e. The van der Waals surface area contributed by atoms with E-state index in [0.717, 1.165) is 0 Å². The minimum absolute atomic E-state index is 0.111. The summed E-state index contributed by atoms with van der Waals surface area (Å²) in [7, 11) is -1.76. The van der Waals surface area contributed by atoms with Crippen LogP contribution in [0.3, 0.4) is 0 Å². The third-order valence-corrected chi connectivity index (χ3v) is 5.53. The van der Waals surface area contributed by atoms with Gasteiger partial charge in [-0.1, -0.05) is 5.16 Å². The number of nitrogens with one attached hydrogen (secondary N) is 1. The van der Waals surface area contributed by atoms with E-state index < -0.39 is 10.0 Å². The van der Waals surface area contributed by atoms with Gasteiger partial charge in [0.05, 0.1) is 22.6 Å². The van der Waals surface area contributed by atoms with Crippen LogP contribution in [0.25, 0.3) is 0 Å². The highest BCUT2D eigenvalue weighted by Crippen LogP contribution is 2.30. The lowest BCUT2D eigenvalue weighted by atomic mass is 10.2. The van der Waals surface area contributed by atoms with E-state index in [2.05, 4.69) is 14.9 Å². The minimum atomic E-state index is -3.65. The van der Waals surface area contributed by atoms with Crippen molar-refractivity contribution in [2.45, 2.75) is 30.3 Å². The third-order valence-electron chi connectivity index (χ3n) is 3.99. The molecule has 0 spiro atoms. The molecule has 2 heterocycles. The Hall–Kier alpha value is -2.28. The number of hydrogen-bond acceptors (Lipinski definition) is 7. The molecule has 2 aromatic rings. The fraction of sp³-hybridized carbons (Fsp3) is 0.400. The summed E-state index contributed by atoms with van der Waals surface area (Å²) in [6.45, 7) is 2.29. The summed E-state index contributed by atoms with van der Waals surface area (Å²) in [5.74, 6) is 1.05. The molecular formula is C15H17N5O3S. The molecule has 2 atom stereocenters. The van der Waals surface area contributed by atoms with E-state index in [1.54, 1.807) is 6.92 Å². The van der Waals surface area contributed by atoms with Crippen molar-refractivity contribution in [3.8, 4) is 6.07 Å². The molecule has 0 bridgehead atoms. The number of benzene rings is 1. The van der Waals surface area contributed by atoms with E-state index in [0.29, 0.717) is 30.2 Å². The average molecular weight is 347 g/mol. The number of nitriles is 1. The number of hydrogen-bond donors (Lipinski definition) is 1. The van der Waals surface area contributed by atoms with E-state index in [-0.39, 0.29) is 17.0 Å². The van der Waals surface area contributed by atoms with Crippen LogP contribution in [0.5, 0.6) is 0 Å². The molecule has 24 heavy (non-hydrogen) atoms. The lowest BCUT2D eigenvalue weighted by Gasteiger charge is -2.14. The zero-order valence-corrected chi connectivity index (χ0v) is 14.1. The van der Waals surface area contributed by atoms with Crippen LogP contribution in [0.2, 0.25) is 0 Å². The predicted octanol–water partition coefficient (Wildman–Crippen LogP) is 0.973. The Morgan fingerprint density at radius 2 is 2.08 bits per heavy atom. The first-order valence-electron chi connectivity index (χ1n) is 7.42. The number of aromatic nitrogens is 2. The molecule has 1 aromatic carbocycles. The molecule has 126 valence electrons. The molecule has 1 saturated heterocycles. The number of rotatable bonds is 4. The van der Waals surface area contributed by atoms with Crippen molar-refractivity contribution in [1.82, 2.24) is 19.8 Å². The van der Waals surface area contributed by atoms with Gasteiger partial charge in [0.2, 0.25) is 15.9 Å². The second kappa shape index (κ2) is 6.32. The van der Waals surface area contributed by atoms with Gasteiger partial charge in [-0.15, -0.1) is 0 Å². The zero-order chi connectivity index (χ0) is 17.3. The van der Waals surface area contributed by atoms with Gasteiger partial charge in [-0.3, -0.25) is 4.90 Å². The molecule has 0 saturated carbocycles. The monoisotopic (exact) mass is 347 g/mol. The molecule has 9 heteroatoms. The zero-order valence-electron chi connectivity index (χ0n) is 13.3. The van der Waals surface area contributed by atoms with E-state index in [9.17, 15) is 8.42 Å². The summed E-state index contributed by atoms with van der Waals surface area (Å²) in [5.41, 5.74) is 0.418. The highest BCUT2D eigenvalue weighted by atomic mass is 32.2. The number of likely N-dealkylation sites (N-methyl/N-ethyl adjacent to an activating group) is 1. The number of nitrogens with zero attached hydrogens (tertiary/aromatic N) is 4. The quantitative estimate of drug-likeness (QED) is 0.877. The maximum absolute atomic E-state index is 12.5. The second-order valence-electron chi connectivity index (χ2n) is 5.83. The van der Waals surface area contributed by atoms with Crippen LogP contribution >= 0.6 is 0 Å². The average Bonchev–Trinajstić information content (AvgIpc) is 3.12. The molecule has 1 N–H and O–H groups in total. The van der Waals surface area contributed by atoms with Crippen molar-refractivity contribution in [3.05, 3.63) is 41.5 Å². The summed E-state index contributed by atoms with van der Waals surface area (Å²) in [6, 6.07) is 7.43. The molecule has 0 amide bonds. The Kier molecular flexibility index (Phi) is 4.36. The van der Waals surface area contributed by atoms with Gasteiger partial charge < -0.3 is 4.52 Å². The Balaban J connectivity index is 1.72. The SMILES string of the molecule is Cc1noc([C@@H]2C[C@H](NS(=O)(=O)c3ccc(C#N)cc3)CN2C)n1. The van der Waals surface area contributed by atoms with E-state index in [1.807, 2.05) is 18.0 Å². The van der Waals surface area contributed by atoms with E-state index >= 15 is 0 Å². The van der Waals surface area contributed by atoms with Gasteiger partial charge in [0.15, 0.2) is 5.82 Å². The Labute approximate surface area is 140 Å². The first-order chi connectivity index (χ1) is 11.4. The van der Waals surface area contributed by atoms with Crippen LogP contribution < -0.4 is 4.72 Å². The highest BCUT2D eigenvalue weighted by Gasteiger charge is 2.36. The minimum Gasteiger partial charge on any atom is -0.338 e. The van der Waals surface area contributed by atoms with Crippen LogP contribution in [0.15, 0.2) is 33.7 Å². The Bertz CT molecular complexity index is 869. The number of sulfonamides is 1. The second-order valence-corrected chi connectivity index (χ2v) is 7.54. The van der Waals surface area contributed by atoms with Gasteiger partial charge in [0, 0.05) is 12.6 Å². The van der Waals surface area contributed by atoms with Crippen molar-refractivity contribution in [2.75, 3.05) is 13.6 Å². The van der Waals surface area contributed by atoms with Crippen molar-refractivity contribution >= 4 is 10.0 Å². The summed E-state index contributed by atoms with van der Waals surface area (Å²) in [5, 5.41) is 12.6. The molecule has 1 aliphatic heterocycles. The lowest BCUT2D eigenvalue weighted by molar-refractivity contribution is 0.244. The third kappa shape index (κ3) is 3.31. The van der Waals surface area contributed by atoms with Crippen LogP contribution in [0.1, 0.15) is 29.7 Å². The maximum atomic E-state index is 12.5. The molecular weight excluding hydrogens is 330 g/mol. The molecule has 1 fully saturated rings. The largest absolute Gasteiger partial charge is 0.338 e. The normalized spacial score (nSPS) is 21.7. The van der Waals surface area contributed by atoms with Crippen molar-refractivity contribution < 1.29 is 12.9 Å². The van der Waals surface area contributed by atoms with Crippen molar-refractivity contribution in [2.24, 2.45) is 0 Å². The molecule has 0 unspecified atom stereocenters. The molecule has 3 rings (SSSR count). The van der Waals surface area contributed by atoms with E-state index in [1.165, 1.54) is 24.3 Å². The van der Waals surface area contributed by atoms with Gasteiger partial charge >= 0.3 is 0 Å². The number of aryl methyl sites for hydroxylation is 1. The first kappa shape index (κ1) is 16.6. The summed E-state index contributed by atoms with van der Waals surface area (Å²) >= 11 is 0.